The van der Waals surface area contributed by atoms with Gasteiger partial charge >= 0.3 is 5.97 Å². The summed E-state index contributed by atoms with van der Waals surface area (Å²) in [6.07, 6.45) is 0.674. The van der Waals surface area contributed by atoms with E-state index in [-0.39, 0.29) is 24.3 Å². The van der Waals surface area contributed by atoms with Crippen LogP contribution in [-0.2, 0) is 26.0 Å². The Bertz CT molecular complexity index is 600. The number of nitrogens with two attached hydrogens (primary N) is 1. The van der Waals surface area contributed by atoms with Crippen molar-refractivity contribution >= 4 is 16.0 Å². The number of rotatable bonds is 5. The molecule has 0 bridgehead atoms. The van der Waals surface area contributed by atoms with Gasteiger partial charge in [-0.2, -0.15) is 0 Å². The molecule has 110 valence electrons. The average molecular weight is 298 g/mol. The van der Waals surface area contributed by atoms with Gasteiger partial charge in [-0.15, -0.1) is 0 Å². The van der Waals surface area contributed by atoms with Crippen LogP contribution >= 0.6 is 0 Å². The summed E-state index contributed by atoms with van der Waals surface area (Å²) in [6.45, 7) is -0.359. The van der Waals surface area contributed by atoms with Gasteiger partial charge in [-0.3, -0.25) is 4.79 Å². The Kier molecular flexibility index (Phi) is 4.42. The van der Waals surface area contributed by atoms with Gasteiger partial charge in [0.05, 0.1) is 12.9 Å². The van der Waals surface area contributed by atoms with E-state index in [0.29, 0.717) is 6.42 Å². The first-order valence-electron chi connectivity index (χ1n) is 6.30. The molecule has 3 N–H and O–H groups in total. The Morgan fingerprint density at radius 2 is 2.15 bits per heavy atom. The summed E-state index contributed by atoms with van der Waals surface area (Å²) in [6, 6.07) is 7.44. The standard InChI is InChI=1S/C13H18N2O4S/c1-19-13(16)7-15-20(17,18)8-11-10-5-3-2-4-9(10)6-12(11)14/h2-5,11-12,15H,6-8,14H2,1H3/t11-,12-/m1/s1. The summed E-state index contributed by atoms with van der Waals surface area (Å²) < 4.78 is 30.6. The summed E-state index contributed by atoms with van der Waals surface area (Å²) >= 11 is 0. The molecule has 0 aromatic heterocycles. The quantitative estimate of drug-likeness (QED) is 0.730. The third-order valence-corrected chi connectivity index (χ3v) is 4.87. The van der Waals surface area contributed by atoms with E-state index < -0.39 is 16.0 Å². The summed E-state index contributed by atoms with van der Waals surface area (Å²) in [5, 5.41) is 0. The SMILES string of the molecule is COC(=O)CNS(=O)(=O)C[C@@H]1c2ccccc2C[C@H]1N. The van der Waals surface area contributed by atoms with Crippen LogP contribution in [0.4, 0.5) is 0 Å². The van der Waals surface area contributed by atoms with Crippen molar-refractivity contribution in [2.75, 3.05) is 19.4 Å². The molecule has 6 nitrogen and oxygen atoms in total. The predicted molar refractivity (Wildman–Crippen MR) is 74.7 cm³/mol. The highest BCUT2D eigenvalue weighted by Gasteiger charge is 2.33. The normalized spacial score (nSPS) is 21.5. The molecule has 0 saturated heterocycles. The van der Waals surface area contributed by atoms with Crippen LogP contribution in [0.2, 0.25) is 0 Å². The van der Waals surface area contributed by atoms with Crippen molar-refractivity contribution in [3.8, 4) is 0 Å². The fourth-order valence-electron chi connectivity index (χ4n) is 2.46. The monoisotopic (exact) mass is 298 g/mol. The number of ether oxygens (including phenoxy) is 1. The minimum absolute atomic E-state index is 0.123. The summed E-state index contributed by atoms with van der Waals surface area (Å²) in [7, 11) is -2.37. The van der Waals surface area contributed by atoms with Crippen LogP contribution < -0.4 is 10.5 Å². The summed E-state index contributed by atoms with van der Waals surface area (Å²) in [5.74, 6) is -0.992. The van der Waals surface area contributed by atoms with Crippen molar-refractivity contribution in [2.24, 2.45) is 5.73 Å². The molecule has 2 rings (SSSR count). The molecule has 1 aliphatic carbocycles. The van der Waals surface area contributed by atoms with Crippen LogP contribution in [0.5, 0.6) is 0 Å². The van der Waals surface area contributed by atoms with Gasteiger partial charge in [0.15, 0.2) is 0 Å². The minimum Gasteiger partial charge on any atom is -0.468 e. The fourth-order valence-corrected chi connectivity index (χ4v) is 3.81. The zero-order valence-corrected chi connectivity index (χ0v) is 12.0. The molecule has 1 aliphatic rings. The Hall–Kier alpha value is -1.44. The maximum atomic E-state index is 12.0. The van der Waals surface area contributed by atoms with Crippen LogP contribution in [0.1, 0.15) is 17.0 Å². The van der Waals surface area contributed by atoms with Gasteiger partial charge in [0.25, 0.3) is 0 Å². The molecular weight excluding hydrogens is 280 g/mol. The third-order valence-electron chi connectivity index (χ3n) is 3.49. The van der Waals surface area contributed by atoms with E-state index in [1.807, 2.05) is 24.3 Å². The van der Waals surface area contributed by atoms with Crippen LogP contribution in [0.15, 0.2) is 24.3 Å². The number of hydrogen-bond acceptors (Lipinski definition) is 5. The van der Waals surface area contributed by atoms with Crippen molar-refractivity contribution in [3.05, 3.63) is 35.4 Å². The highest BCUT2D eigenvalue weighted by Crippen LogP contribution is 2.32. The lowest BCUT2D eigenvalue weighted by molar-refractivity contribution is -0.139. The predicted octanol–water partition coefficient (Wildman–Crippen LogP) is -0.254. The zero-order valence-electron chi connectivity index (χ0n) is 11.2. The number of fused-ring (bicyclic) bond motifs is 1. The van der Waals surface area contributed by atoms with E-state index in [0.717, 1.165) is 11.1 Å². The molecule has 0 amide bonds. The lowest BCUT2D eigenvalue weighted by atomic mass is 10.0. The minimum atomic E-state index is -3.58. The summed E-state index contributed by atoms with van der Waals surface area (Å²) in [5.41, 5.74) is 8.10. The van der Waals surface area contributed by atoms with Crippen LogP contribution in [-0.4, -0.2) is 39.8 Å². The zero-order chi connectivity index (χ0) is 14.8. The molecule has 7 heteroatoms. The molecule has 0 saturated carbocycles. The van der Waals surface area contributed by atoms with Gasteiger partial charge in [0.1, 0.15) is 6.54 Å². The second-order valence-electron chi connectivity index (χ2n) is 4.85. The maximum Gasteiger partial charge on any atom is 0.320 e. The van der Waals surface area contributed by atoms with E-state index in [9.17, 15) is 13.2 Å². The molecule has 0 spiro atoms. The number of hydrogen-bond donors (Lipinski definition) is 2. The van der Waals surface area contributed by atoms with Gasteiger partial charge in [-0.1, -0.05) is 24.3 Å². The lowest BCUT2D eigenvalue weighted by Gasteiger charge is -2.17. The van der Waals surface area contributed by atoms with Crippen LogP contribution in [0, 0.1) is 0 Å². The van der Waals surface area contributed by atoms with E-state index >= 15 is 0 Å². The topological polar surface area (TPSA) is 98.5 Å². The van der Waals surface area contributed by atoms with E-state index in [1.54, 1.807) is 0 Å². The number of methoxy groups -OCH3 is 1. The first-order chi connectivity index (χ1) is 9.43. The van der Waals surface area contributed by atoms with E-state index in [4.69, 9.17) is 5.73 Å². The van der Waals surface area contributed by atoms with Crippen molar-refractivity contribution in [1.82, 2.24) is 4.72 Å². The number of benzene rings is 1. The molecule has 0 heterocycles. The Balaban J connectivity index is 2.08. The second-order valence-corrected chi connectivity index (χ2v) is 6.70. The largest absolute Gasteiger partial charge is 0.468 e. The van der Waals surface area contributed by atoms with E-state index in [2.05, 4.69) is 9.46 Å². The fraction of sp³-hybridized carbons (Fsp3) is 0.462. The Labute approximate surface area is 118 Å². The van der Waals surface area contributed by atoms with Crippen LogP contribution in [0.3, 0.4) is 0 Å². The van der Waals surface area contributed by atoms with Gasteiger partial charge in [0.2, 0.25) is 10.0 Å². The molecule has 1 aromatic carbocycles. The molecule has 0 aliphatic heterocycles. The van der Waals surface area contributed by atoms with Crippen molar-refractivity contribution in [2.45, 2.75) is 18.4 Å². The average Bonchev–Trinajstić information content (AvgIpc) is 2.72. The van der Waals surface area contributed by atoms with Crippen molar-refractivity contribution in [1.29, 1.82) is 0 Å². The van der Waals surface area contributed by atoms with Crippen molar-refractivity contribution < 1.29 is 17.9 Å². The number of sulfonamides is 1. The molecule has 2 atom stereocenters. The van der Waals surface area contributed by atoms with Gasteiger partial charge < -0.3 is 10.5 Å². The smallest absolute Gasteiger partial charge is 0.320 e. The Morgan fingerprint density at radius 3 is 2.85 bits per heavy atom. The van der Waals surface area contributed by atoms with Crippen LogP contribution in [0.25, 0.3) is 0 Å². The molecule has 0 radical (unpaired) electrons. The maximum absolute atomic E-state index is 12.0. The molecule has 20 heavy (non-hydrogen) atoms. The second kappa shape index (κ2) is 5.90. The lowest BCUT2D eigenvalue weighted by Crippen LogP contribution is -2.37. The number of carbonyl (C=O) groups is 1. The van der Waals surface area contributed by atoms with Crippen molar-refractivity contribution in [3.63, 3.8) is 0 Å². The number of carbonyl (C=O) groups excluding carboxylic acids is 1. The highest BCUT2D eigenvalue weighted by molar-refractivity contribution is 7.89. The van der Waals surface area contributed by atoms with Gasteiger partial charge in [-0.05, 0) is 17.5 Å². The first-order valence-corrected chi connectivity index (χ1v) is 7.95. The van der Waals surface area contributed by atoms with E-state index in [1.165, 1.54) is 7.11 Å². The van der Waals surface area contributed by atoms with Gasteiger partial charge in [-0.25, -0.2) is 13.1 Å². The molecule has 1 aromatic rings. The number of nitrogens with one attached hydrogen (secondary N) is 1. The first kappa shape index (κ1) is 15.0. The summed E-state index contributed by atoms with van der Waals surface area (Å²) in [4.78, 5) is 11.0. The Morgan fingerprint density at radius 1 is 1.45 bits per heavy atom. The number of esters is 1. The highest BCUT2D eigenvalue weighted by atomic mass is 32.2. The molecule has 0 fully saturated rings. The van der Waals surface area contributed by atoms with Gasteiger partial charge in [0, 0.05) is 12.0 Å². The molecule has 0 unspecified atom stereocenters. The third kappa shape index (κ3) is 3.36. The molecular formula is C13H18N2O4S.